The Morgan fingerprint density at radius 3 is 1.74 bits per heavy atom. The summed E-state index contributed by atoms with van der Waals surface area (Å²) >= 11 is 0. The monoisotopic (exact) mass is 433 g/mol. The van der Waals surface area contributed by atoms with Gasteiger partial charge >= 0.3 is 0 Å². The molecule has 0 spiro atoms. The number of carbonyl (C=O) groups is 2. The summed E-state index contributed by atoms with van der Waals surface area (Å²) in [6.07, 6.45) is 2.06. The third-order valence-electron chi connectivity index (χ3n) is 2.37. The molecular weight excluding hydrogens is 386 g/mol. The average molecular weight is 434 g/mol. The van der Waals surface area contributed by atoms with E-state index in [0.29, 0.717) is 28.9 Å². The predicted octanol–water partition coefficient (Wildman–Crippen LogP) is 7.56. The molecule has 2 rings (SSSR count). The number of rotatable bonds is 2. The Labute approximate surface area is 192 Å². The molecule has 31 heavy (non-hydrogen) atoms. The van der Waals surface area contributed by atoms with Gasteiger partial charge in [0.05, 0.1) is 0 Å². The maximum Gasteiger partial charge on any atom is 0.272 e. The molecule has 5 heteroatoms. The summed E-state index contributed by atoms with van der Waals surface area (Å²) in [5, 5.41) is 2.71. The van der Waals surface area contributed by atoms with Gasteiger partial charge in [-0.3, -0.25) is 9.59 Å². The van der Waals surface area contributed by atoms with Gasteiger partial charge in [-0.15, -0.1) is 0 Å². The van der Waals surface area contributed by atoms with Crippen LogP contribution in [-0.2, 0) is 4.79 Å². The molecule has 0 fully saturated rings. The van der Waals surface area contributed by atoms with E-state index in [-0.39, 0.29) is 5.91 Å². The summed E-state index contributed by atoms with van der Waals surface area (Å²) < 4.78 is 0. The van der Waals surface area contributed by atoms with Gasteiger partial charge in [0, 0.05) is 23.1 Å². The van der Waals surface area contributed by atoms with Crippen molar-refractivity contribution in [1.82, 2.24) is 4.98 Å². The van der Waals surface area contributed by atoms with Gasteiger partial charge in [0.15, 0.2) is 6.29 Å². The first-order valence-corrected chi connectivity index (χ1v) is 11.5. The number of benzene rings is 1. The van der Waals surface area contributed by atoms with E-state index < -0.39 is 0 Å². The summed E-state index contributed by atoms with van der Waals surface area (Å²) in [6, 6.07) is 8.40. The number of amides is 1. The van der Waals surface area contributed by atoms with Crippen LogP contribution in [0.3, 0.4) is 0 Å². The van der Waals surface area contributed by atoms with Crippen LogP contribution >= 0.6 is 0 Å². The number of nitrogens with one attached hydrogen (secondary N) is 2. The van der Waals surface area contributed by atoms with Crippen molar-refractivity contribution in [3.05, 3.63) is 47.8 Å². The van der Waals surface area contributed by atoms with Crippen LogP contribution in [0.5, 0.6) is 0 Å². The number of nitrogen functional groups attached to an aromatic ring is 1. The van der Waals surface area contributed by atoms with Crippen molar-refractivity contribution in [2.75, 3.05) is 11.1 Å². The molecule has 0 bridgehead atoms. The molecule has 0 saturated carbocycles. The van der Waals surface area contributed by atoms with Crippen LogP contribution in [0.4, 0.5) is 11.4 Å². The highest BCUT2D eigenvalue weighted by molar-refractivity contribution is 6.03. The van der Waals surface area contributed by atoms with E-state index in [1.807, 2.05) is 83.1 Å². The Kier molecular flexibility index (Phi) is 42.9. The quantitative estimate of drug-likeness (QED) is 0.259. The van der Waals surface area contributed by atoms with Crippen LogP contribution in [0, 0.1) is 11.8 Å². The zero-order valence-corrected chi connectivity index (χ0v) is 21.9. The van der Waals surface area contributed by atoms with Gasteiger partial charge in [-0.25, -0.2) is 0 Å². The molecule has 2 aromatic rings. The maximum absolute atomic E-state index is 11.9. The highest BCUT2D eigenvalue weighted by Gasteiger charge is 2.08. The first-order valence-electron chi connectivity index (χ1n) is 11.5. The van der Waals surface area contributed by atoms with Gasteiger partial charge in [0.1, 0.15) is 5.69 Å². The lowest BCUT2D eigenvalue weighted by molar-refractivity contribution is -0.103. The summed E-state index contributed by atoms with van der Waals surface area (Å²) in [5.74, 6) is 4.58. The van der Waals surface area contributed by atoms with Crippen LogP contribution in [0.15, 0.2) is 36.5 Å². The Hall–Kier alpha value is -3.00. The highest BCUT2D eigenvalue weighted by Crippen LogP contribution is 2.12. The van der Waals surface area contributed by atoms with E-state index in [1.54, 1.807) is 36.5 Å². The molecule has 0 saturated heterocycles. The Morgan fingerprint density at radius 2 is 1.32 bits per heavy atom. The zero-order valence-electron chi connectivity index (χ0n) is 21.9. The van der Waals surface area contributed by atoms with Crippen molar-refractivity contribution in [2.45, 2.75) is 83.1 Å². The summed E-state index contributed by atoms with van der Waals surface area (Å²) in [6.45, 7) is 24.0. The number of aldehydes is 1. The third kappa shape index (κ3) is 21.5. The molecule has 0 radical (unpaired) electrons. The van der Waals surface area contributed by atoms with Crippen LogP contribution < -0.4 is 11.1 Å². The standard InChI is InChI=1S/C14H11N3O2.6C2H6/c15-11-3-5-12(6-4-11)17-14(19)13-8-10(9-16-13)2-1-7-18;6*1-2/h3-9,16H,15H2,(H,17,19);6*1-2H3. The normalized spacial score (nSPS) is 6.84. The van der Waals surface area contributed by atoms with E-state index in [4.69, 9.17) is 5.73 Å². The topological polar surface area (TPSA) is 88.0 Å². The molecular formula is C26H47N3O2. The van der Waals surface area contributed by atoms with Crippen LogP contribution in [0.1, 0.15) is 99.1 Å². The summed E-state index contributed by atoms with van der Waals surface area (Å²) in [7, 11) is 0. The van der Waals surface area contributed by atoms with Gasteiger partial charge in [-0.1, -0.05) is 89.0 Å². The van der Waals surface area contributed by atoms with E-state index in [2.05, 4.69) is 22.1 Å². The largest absolute Gasteiger partial charge is 0.399 e. The van der Waals surface area contributed by atoms with Gasteiger partial charge in [-0.05, 0) is 36.3 Å². The molecule has 0 aliphatic rings. The maximum atomic E-state index is 11.9. The number of nitrogens with two attached hydrogens (primary N) is 1. The number of H-pyrrole nitrogens is 1. The number of hydrogen-bond donors (Lipinski definition) is 3. The van der Waals surface area contributed by atoms with Crippen LogP contribution in [-0.4, -0.2) is 17.2 Å². The molecule has 0 unspecified atom stereocenters. The second-order valence-electron chi connectivity index (χ2n) is 3.77. The molecule has 4 N–H and O–H groups in total. The Balaban J connectivity index is -0.000000162. The van der Waals surface area contributed by atoms with Gasteiger partial charge in [0.2, 0.25) is 0 Å². The molecule has 1 heterocycles. The fraction of sp³-hybridized carbons (Fsp3) is 0.462. The molecule has 5 nitrogen and oxygen atoms in total. The third-order valence-corrected chi connectivity index (χ3v) is 2.37. The molecule has 0 atom stereocenters. The second-order valence-corrected chi connectivity index (χ2v) is 3.77. The van der Waals surface area contributed by atoms with E-state index >= 15 is 0 Å². The van der Waals surface area contributed by atoms with Crippen LogP contribution in [0.2, 0.25) is 0 Å². The average Bonchev–Trinajstić information content (AvgIpc) is 3.36. The second kappa shape index (κ2) is 34.5. The SMILES string of the molecule is CC.CC.CC.CC.CC.CC.Nc1ccc(NC(=O)c2cc(C#CC=O)c[nH]2)cc1. The van der Waals surface area contributed by atoms with E-state index in [1.165, 1.54) is 0 Å². The number of anilines is 2. The molecule has 1 aromatic heterocycles. The first kappa shape index (κ1) is 38.6. The number of aromatic amines is 1. The molecule has 0 aliphatic carbocycles. The van der Waals surface area contributed by atoms with Crippen molar-refractivity contribution in [1.29, 1.82) is 0 Å². The van der Waals surface area contributed by atoms with Crippen molar-refractivity contribution >= 4 is 23.6 Å². The molecule has 1 amide bonds. The highest BCUT2D eigenvalue weighted by atomic mass is 16.1. The van der Waals surface area contributed by atoms with Crippen molar-refractivity contribution in [3.8, 4) is 11.8 Å². The van der Waals surface area contributed by atoms with E-state index in [0.717, 1.165) is 0 Å². The summed E-state index contributed by atoms with van der Waals surface area (Å²) in [5.41, 5.74) is 7.78. The van der Waals surface area contributed by atoms with Gasteiger partial charge in [-0.2, -0.15) is 0 Å². The lowest BCUT2D eigenvalue weighted by atomic mass is 10.2. The zero-order chi connectivity index (χ0) is 25.7. The summed E-state index contributed by atoms with van der Waals surface area (Å²) in [4.78, 5) is 24.8. The minimum absolute atomic E-state index is 0.288. The minimum atomic E-state index is -0.288. The fourth-order valence-corrected chi connectivity index (χ4v) is 1.48. The number of aromatic nitrogens is 1. The van der Waals surface area contributed by atoms with E-state index in [9.17, 15) is 9.59 Å². The minimum Gasteiger partial charge on any atom is -0.399 e. The fourth-order valence-electron chi connectivity index (χ4n) is 1.48. The Bertz CT molecular complexity index is 664. The molecule has 1 aromatic carbocycles. The van der Waals surface area contributed by atoms with Crippen molar-refractivity contribution in [2.24, 2.45) is 0 Å². The van der Waals surface area contributed by atoms with Crippen molar-refractivity contribution < 1.29 is 9.59 Å². The smallest absolute Gasteiger partial charge is 0.272 e. The lowest BCUT2D eigenvalue weighted by Gasteiger charge is -2.03. The number of hydrogen-bond acceptors (Lipinski definition) is 3. The predicted molar refractivity (Wildman–Crippen MR) is 141 cm³/mol. The van der Waals surface area contributed by atoms with Crippen molar-refractivity contribution in [3.63, 3.8) is 0 Å². The number of carbonyl (C=O) groups excluding carboxylic acids is 2. The Morgan fingerprint density at radius 1 is 0.871 bits per heavy atom. The first-order chi connectivity index (χ1) is 15.2. The van der Waals surface area contributed by atoms with Crippen LogP contribution in [0.25, 0.3) is 0 Å². The van der Waals surface area contributed by atoms with Gasteiger partial charge in [0.25, 0.3) is 5.91 Å². The van der Waals surface area contributed by atoms with Gasteiger partial charge < -0.3 is 16.0 Å². The lowest BCUT2D eigenvalue weighted by Crippen LogP contribution is -2.12. The molecule has 0 aliphatic heterocycles. The molecule has 178 valence electrons.